The molecule has 5 heteroatoms. The van der Waals surface area contributed by atoms with Gasteiger partial charge >= 0.3 is 6.03 Å². The van der Waals surface area contributed by atoms with E-state index < -0.39 is 11.9 Å². The lowest BCUT2D eigenvalue weighted by molar-refractivity contribution is -0.115. The van der Waals surface area contributed by atoms with Crippen LogP contribution in [0.25, 0.3) is 16.8 Å². The summed E-state index contributed by atoms with van der Waals surface area (Å²) in [6.45, 7) is 0.118. The van der Waals surface area contributed by atoms with E-state index in [1.165, 1.54) is 0 Å². The number of carbonyl (C=O) groups excluding carboxylic acids is 2. The van der Waals surface area contributed by atoms with Gasteiger partial charge in [-0.25, -0.2) is 4.79 Å². The Labute approximate surface area is 127 Å². The first kappa shape index (κ1) is 13.7. The maximum Gasteiger partial charge on any atom is 0.326 e. The number of imide groups is 1. The summed E-state index contributed by atoms with van der Waals surface area (Å²) >= 11 is 0. The van der Waals surface area contributed by atoms with E-state index >= 15 is 0 Å². The van der Waals surface area contributed by atoms with Crippen molar-refractivity contribution in [2.24, 2.45) is 0 Å². The number of benzene rings is 2. The summed E-state index contributed by atoms with van der Waals surface area (Å²) in [6.07, 6.45) is 6.82. The highest BCUT2D eigenvalue weighted by Gasteiger charge is 2.23. The summed E-state index contributed by atoms with van der Waals surface area (Å²) in [5, 5.41) is 6.53. The third-order valence-corrected chi connectivity index (χ3v) is 3.25. The normalized spacial score (nSPS) is 15.5. The standard InChI is InChI=1S/C17H12N2O3/c1-2-9-22-15-8-7-11-5-3-4-6-12(11)13(15)10-14-16(20)19-17(21)18-14/h1,3-8,10H,9H2,(H2,18,19,20,21). The van der Waals surface area contributed by atoms with E-state index in [-0.39, 0.29) is 12.3 Å². The second-order valence-electron chi connectivity index (χ2n) is 4.66. The summed E-state index contributed by atoms with van der Waals surface area (Å²) in [7, 11) is 0. The van der Waals surface area contributed by atoms with Gasteiger partial charge in [0, 0.05) is 5.56 Å². The molecule has 3 amide bonds. The van der Waals surface area contributed by atoms with Crippen molar-refractivity contribution in [1.82, 2.24) is 10.6 Å². The summed E-state index contributed by atoms with van der Waals surface area (Å²) in [6, 6.07) is 10.8. The molecule has 1 heterocycles. The van der Waals surface area contributed by atoms with Gasteiger partial charge in [-0.05, 0) is 22.9 Å². The van der Waals surface area contributed by atoms with Crippen molar-refractivity contribution in [3.05, 3.63) is 47.7 Å². The smallest absolute Gasteiger partial charge is 0.326 e. The van der Waals surface area contributed by atoms with Crippen LogP contribution in [0.5, 0.6) is 5.75 Å². The van der Waals surface area contributed by atoms with E-state index in [2.05, 4.69) is 16.6 Å². The highest BCUT2D eigenvalue weighted by molar-refractivity contribution is 6.14. The van der Waals surface area contributed by atoms with Crippen LogP contribution in [0.15, 0.2) is 42.1 Å². The third-order valence-electron chi connectivity index (χ3n) is 3.25. The first-order valence-electron chi connectivity index (χ1n) is 6.61. The van der Waals surface area contributed by atoms with E-state index in [1.807, 2.05) is 30.3 Å². The minimum atomic E-state index is -0.539. The molecule has 2 N–H and O–H groups in total. The van der Waals surface area contributed by atoms with E-state index in [0.717, 1.165) is 10.8 Å². The van der Waals surface area contributed by atoms with Crippen molar-refractivity contribution in [3.63, 3.8) is 0 Å². The molecule has 1 fully saturated rings. The molecule has 1 aliphatic rings. The molecular weight excluding hydrogens is 280 g/mol. The molecule has 108 valence electrons. The molecule has 0 radical (unpaired) electrons. The molecule has 0 atom stereocenters. The van der Waals surface area contributed by atoms with Crippen LogP contribution in [0.3, 0.4) is 0 Å². The van der Waals surface area contributed by atoms with Crippen LogP contribution in [0.4, 0.5) is 4.79 Å². The number of terminal acetylenes is 1. The number of hydrogen-bond donors (Lipinski definition) is 2. The second kappa shape index (κ2) is 5.62. The SMILES string of the molecule is C#CCOc1ccc2ccccc2c1C=C1NC(=O)NC1=O. The molecule has 0 spiro atoms. The number of rotatable bonds is 3. The number of nitrogens with one attached hydrogen (secondary N) is 2. The van der Waals surface area contributed by atoms with Crippen LogP contribution in [-0.2, 0) is 4.79 Å². The average Bonchev–Trinajstić information content (AvgIpc) is 2.84. The Morgan fingerprint density at radius 3 is 2.68 bits per heavy atom. The Balaban J connectivity index is 2.16. The van der Waals surface area contributed by atoms with E-state index in [9.17, 15) is 9.59 Å². The zero-order valence-corrected chi connectivity index (χ0v) is 11.6. The van der Waals surface area contributed by atoms with Crippen molar-refractivity contribution in [2.75, 3.05) is 6.61 Å². The fourth-order valence-corrected chi connectivity index (χ4v) is 2.30. The van der Waals surface area contributed by atoms with Crippen LogP contribution in [0, 0.1) is 12.3 Å². The Bertz CT molecular complexity index is 847. The van der Waals surface area contributed by atoms with Crippen molar-refractivity contribution >= 4 is 28.8 Å². The van der Waals surface area contributed by atoms with Crippen molar-refractivity contribution < 1.29 is 14.3 Å². The average molecular weight is 292 g/mol. The molecule has 0 bridgehead atoms. The minimum absolute atomic E-state index is 0.118. The van der Waals surface area contributed by atoms with E-state index in [1.54, 1.807) is 12.1 Å². The zero-order valence-electron chi connectivity index (χ0n) is 11.6. The van der Waals surface area contributed by atoms with Gasteiger partial charge in [-0.2, -0.15) is 0 Å². The van der Waals surface area contributed by atoms with Crippen LogP contribution in [0.1, 0.15) is 5.56 Å². The first-order valence-corrected chi connectivity index (χ1v) is 6.61. The molecule has 2 aromatic rings. The van der Waals surface area contributed by atoms with Gasteiger partial charge in [0.2, 0.25) is 0 Å². The van der Waals surface area contributed by atoms with Crippen molar-refractivity contribution in [1.29, 1.82) is 0 Å². The Morgan fingerprint density at radius 2 is 1.95 bits per heavy atom. The lowest BCUT2D eigenvalue weighted by Gasteiger charge is -2.10. The molecule has 5 nitrogen and oxygen atoms in total. The number of hydrogen-bond acceptors (Lipinski definition) is 3. The fourth-order valence-electron chi connectivity index (χ4n) is 2.30. The van der Waals surface area contributed by atoms with Gasteiger partial charge in [-0.15, -0.1) is 6.42 Å². The molecule has 1 saturated heterocycles. The van der Waals surface area contributed by atoms with Gasteiger partial charge in [-0.1, -0.05) is 36.3 Å². The first-order chi connectivity index (χ1) is 10.7. The quantitative estimate of drug-likeness (QED) is 0.517. The van der Waals surface area contributed by atoms with Crippen LogP contribution >= 0.6 is 0 Å². The molecule has 3 rings (SSSR count). The highest BCUT2D eigenvalue weighted by Crippen LogP contribution is 2.30. The Kier molecular flexibility index (Phi) is 3.50. The summed E-state index contributed by atoms with van der Waals surface area (Å²) in [4.78, 5) is 22.9. The van der Waals surface area contributed by atoms with Crippen LogP contribution < -0.4 is 15.4 Å². The molecule has 0 aliphatic carbocycles. The predicted octanol–water partition coefficient (Wildman–Crippen LogP) is 2.03. The number of fused-ring (bicyclic) bond motifs is 1. The van der Waals surface area contributed by atoms with E-state index in [0.29, 0.717) is 11.3 Å². The molecular formula is C17H12N2O3. The lowest BCUT2D eigenvalue weighted by atomic mass is 10.0. The van der Waals surface area contributed by atoms with E-state index in [4.69, 9.17) is 11.2 Å². The Morgan fingerprint density at radius 1 is 1.14 bits per heavy atom. The van der Waals surface area contributed by atoms with Gasteiger partial charge in [0.15, 0.2) is 0 Å². The summed E-state index contributed by atoms with van der Waals surface area (Å²) in [5.74, 6) is 2.49. The summed E-state index contributed by atoms with van der Waals surface area (Å²) in [5.41, 5.74) is 0.868. The van der Waals surface area contributed by atoms with Gasteiger partial charge in [-0.3, -0.25) is 10.1 Å². The van der Waals surface area contributed by atoms with Gasteiger partial charge in [0.25, 0.3) is 5.91 Å². The van der Waals surface area contributed by atoms with Gasteiger partial charge < -0.3 is 10.1 Å². The number of amides is 3. The number of urea groups is 1. The molecule has 0 unspecified atom stereocenters. The van der Waals surface area contributed by atoms with Gasteiger partial charge in [0.05, 0.1) is 0 Å². The lowest BCUT2D eigenvalue weighted by Crippen LogP contribution is -2.22. The number of carbonyl (C=O) groups is 2. The second-order valence-corrected chi connectivity index (χ2v) is 4.66. The molecule has 22 heavy (non-hydrogen) atoms. The maximum absolute atomic E-state index is 11.7. The fraction of sp³-hybridized carbons (Fsp3) is 0.0588. The number of ether oxygens (including phenoxy) is 1. The third kappa shape index (κ3) is 2.50. The zero-order chi connectivity index (χ0) is 15.5. The molecule has 1 aliphatic heterocycles. The highest BCUT2D eigenvalue weighted by atomic mass is 16.5. The van der Waals surface area contributed by atoms with Crippen LogP contribution in [0.2, 0.25) is 0 Å². The largest absolute Gasteiger partial charge is 0.480 e. The van der Waals surface area contributed by atoms with Crippen molar-refractivity contribution in [3.8, 4) is 18.1 Å². The monoisotopic (exact) mass is 292 g/mol. The van der Waals surface area contributed by atoms with Crippen molar-refractivity contribution in [2.45, 2.75) is 0 Å². The molecule has 0 aromatic heterocycles. The topological polar surface area (TPSA) is 67.4 Å². The predicted molar refractivity (Wildman–Crippen MR) is 82.9 cm³/mol. The minimum Gasteiger partial charge on any atom is -0.480 e. The Hall–Kier alpha value is -3.26. The summed E-state index contributed by atoms with van der Waals surface area (Å²) < 4.78 is 5.54. The van der Waals surface area contributed by atoms with Crippen LogP contribution in [-0.4, -0.2) is 18.5 Å². The van der Waals surface area contributed by atoms with Gasteiger partial charge in [0.1, 0.15) is 18.1 Å². The molecule has 2 aromatic carbocycles. The maximum atomic E-state index is 11.7. The molecule has 0 saturated carbocycles.